The second-order valence-corrected chi connectivity index (χ2v) is 6.31. The van der Waals surface area contributed by atoms with Crippen LogP contribution in [-0.4, -0.2) is 20.2 Å². The first-order valence-corrected chi connectivity index (χ1v) is 8.29. The Morgan fingerprint density at radius 2 is 2.04 bits per heavy atom. The van der Waals surface area contributed by atoms with Gasteiger partial charge in [-0.15, -0.1) is 11.8 Å². The summed E-state index contributed by atoms with van der Waals surface area (Å²) in [6.07, 6.45) is 0.669. The number of nitro benzene ring substituents is 1. The first-order chi connectivity index (χ1) is 11.6. The molecule has 3 rings (SSSR count). The Morgan fingerprint density at radius 3 is 2.79 bits per heavy atom. The maximum absolute atomic E-state index is 13.8. The third kappa shape index (κ3) is 3.33. The van der Waals surface area contributed by atoms with E-state index in [-0.39, 0.29) is 11.4 Å². The number of nitrogens with zero attached hydrogens (tertiary/aromatic N) is 2. The molecule has 0 saturated heterocycles. The normalized spacial score (nSPS) is 11.0. The standard InChI is InChI=1S/C16H14FN3O3S/c17-12-10-11(20(22)23)6-7-15(12)24-9-3-8-19-14-5-2-1-4-13(14)18-16(19)21/h1-2,4-7,10H,3,8-9H2,(H,18,21). The molecule has 0 atom stereocenters. The highest BCUT2D eigenvalue weighted by molar-refractivity contribution is 7.99. The molecule has 3 aromatic rings. The fourth-order valence-corrected chi connectivity index (χ4v) is 3.31. The number of fused-ring (bicyclic) bond motifs is 1. The van der Waals surface area contributed by atoms with Crippen molar-refractivity contribution < 1.29 is 9.31 Å². The third-order valence-corrected chi connectivity index (χ3v) is 4.73. The molecule has 0 bridgehead atoms. The highest BCUT2D eigenvalue weighted by Crippen LogP contribution is 2.26. The van der Waals surface area contributed by atoms with Crippen LogP contribution in [0.4, 0.5) is 10.1 Å². The van der Waals surface area contributed by atoms with E-state index in [2.05, 4.69) is 4.98 Å². The largest absolute Gasteiger partial charge is 0.326 e. The number of aromatic amines is 1. The van der Waals surface area contributed by atoms with Crippen LogP contribution in [0.3, 0.4) is 0 Å². The Morgan fingerprint density at radius 1 is 1.25 bits per heavy atom. The predicted molar refractivity (Wildman–Crippen MR) is 91.0 cm³/mol. The molecule has 1 N–H and O–H groups in total. The Labute approximate surface area is 140 Å². The molecular weight excluding hydrogens is 333 g/mol. The number of benzene rings is 2. The van der Waals surface area contributed by atoms with E-state index in [1.54, 1.807) is 4.57 Å². The van der Waals surface area contributed by atoms with Crippen molar-refractivity contribution >= 4 is 28.5 Å². The number of halogens is 1. The highest BCUT2D eigenvalue weighted by Gasteiger charge is 2.11. The molecule has 124 valence electrons. The molecule has 0 aliphatic rings. The second kappa shape index (κ2) is 6.88. The molecule has 0 amide bonds. The molecule has 8 heteroatoms. The number of rotatable bonds is 6. The molecular formula is C16H14FN3O3S. The summed E-state index contributed by atoms with van der Waals surface area (Å²) in [6.45, 7) is 0.518. The number of thioether (sulfide) groups is 1. The zero-order chi connectivity index (χ0) is 17.1. The quantitative estimate of drug-likeness (QED) is 0.320. The summed E-state index contributed by atoms with van der Waals surface area (Å²) in [5.74, 6) is -0.000752. The van der Waals surface area contributed by atoms with Gasteiger partial charge < -0.3 is 4.98 Å². The van der Waals surface area contributed by atoms with Gasteiger partial charge in [0, 0.05) is 17.5 Å². The van der Waals surface area contributed by atoms with Crippen molar-refractivity contribution in [3.05, 3.63) is 68.9 Å². The number of hydrogen-bond acceptors (Lipinski definition) is 4. The average Bonchev–Trinajstić information content (AvgIpc) is 2.88. The fourth-order valence-electron chi connectivity index (χ4n) is 2.45. The van der Waals surface area contributed by atoms with Gasteiger partial charge in [-0.3, -0.25) is 14.7 Å². The lowest BCUT2D eigenvalue weighted by Gasteiger charge is -2.05. The smallest absolute Gasteiger partial charge is 0.306 e. The van der Waals surface area contributed by atoms with Gasteiger partial charge in [0.2, 0.25) is 0 Å². The number of non-ortho nitro benzene ring substituents is 1. The monoisotopic (exact) mass is 347 g/mol. The summed E-state index contributed by atoms with van der Waals surface area (Å²) in [7, 11) is 0. The Bertz CT molecular complexity index is 951. The van der Waals surface area contributed by atoms with Crippen LogP contribution >= 0.6 is 11.8 Å². The van der Waals surface area contributed by atoms with E-state index < -0.39 is 10.7 Å². The first kappa shape index (κ1) is 16.3. The number of aryl methyl sites for hydroxylation is 1. The molecule has 0 saturated carbocycles. The van der Waals surface area contributed by atoms with Gasteiger partial charge >= 0.3 is 5.69 Å². The Balaban J connectivity index is 1.62. The van der Waals surface area contributed by atoms with E-state index in [0.29, 0.717) is 23.6 Å². The summed E-state index contributed by atoms with van der Waals surface area (Å²) in [4.78, 5) is 25.1. The minimum Gasteiger partial charge on any atom is -0.306 e. The van der Waals surface area contributed by atoms with Crippen LogP contribution in [0.2, 0.25) is 0 Å². The highest BCUT2D eigenvalue weighted by atomic mass is 32.2. The van der Waals surface area contributed by atoms with Crippen LogP contribution in [0.1, 0.15) is 6.42 Å². The van der Waals surface area contributed by atoms with E-state index in [9.17, 15) is 19.3 Å². The van der Waals surface area contributed by atoms with Crippen LogP contribution in [-0.2, 0) is 6.54 Å². The van der Waals surface area contributed by atoms with Gasteiger partial charge in [-0.25, -0.2) is 9.18 Å². The lowest BCUT2D eigenvalue weighted by molar-refractivity contribution is -0.385. The molecule has 2 aromatic carbocycles. The molecule has 0 fully saturated rings. The van der Waals surface area contributed by atoms with E-state index in [1.807, 2.05) is 24.3 Å². The maximum Gasteiger partial charge on any atom is 0.326 e. The molecule has 0 radical (unpaired) electrons. The number of imidazole rings is 1. The minimum absolute atomic E-state index is 0.164. The first-order valence-electron chi connectivity index (χ1n) is 7.30. The van der Waals surface area contributed by atoms with Crippen LogP contribution < -0.4 is 5.69 Å². The number of H-pyrrole nitrogens is 1. The van der Waals surface area contributed by atoms with E-state index in [1.165, 1.54) is 23.9 Å². The Kier molecular flexibility index (Phi) is 4.66. The molecule has 6 nitrogen and oxygen atoms in total. The van der Waals surface area contributed by atoms with Crippen molar-refractivity contribution in [1.82, 2.24) is 9.55 Å². The molecule has 0 unspecified atom stereocenters. The van der Waals surface area contributed by atoms with Crippen LogP contribution in [0.5, 0.6) is 0 Å². The molecule has 0 aliphatic heterocycles. The Hall–Kier alpha value is -2.61. The number of hydrogen-bond donors (Lipinski definition) is 1. The maximum atomic E-state index is 13.8. The van der Waals surface area contributed by atoms with Gasteiger partial charge in [-0.2, -0.15) is 0 Å². The van der Waals surface area contributed by atoms with Crippen LogP contribution in [0, 0.1) is 15.9 Å². The van der Waals surface area contributed by atoms with Gasteiger partial charge in [-0.1, -0.05) is 12.1 Å². The predicted octanol–water partition coefficient (Wildman–Crippen LogP) is 3.56. The topological polar surface area (TPSA) is 80.9 Å². The van der Waals surface area contributed by atoms with Crippen LogP contribution in [0.15, 0.2) is 52.2 Å². The minimum atomic E-state index is -0.624. The second-order valence-electron chi connectivity index (χ2n) is 5.17. The zero-order valence-electron chi connectivity index (χ0n) is 12.6. The fraction of sp³-hybridized carbons (Fsp3) is 0.188. The number of nitrogens with one attached hydrogen (secondary N) is 1. The van der Waals surface area contributed by atoms with Crippen molar-refractivity contribution in [2.75, 3.05) is 5.75 Å². The van der Waals surface area contributed by atoms with E-state index >= 15 is 0 Å². The van der Waals surface area contributed by atoms with Gasteiger partial charge in [0.1, 0.15) is 5.82 Å². The van der Waals surface area contributed by atoms with E-state index in [4.69, 9.17) is 0 Å². The molecule has 0 spiro atoms. The van der Waals surface area contributed by atoms with Crippen molar-refractivity contribution in [3.8, 4) is 0 Å². The lowest BCUT2D eigenvalue weighted by Crippen LogP contribution is -2.17. The van der Waals surface area contributed by atoms with Crippen molar-refractivity contribution in [3.63, 3.8) is 0 Å². The molecule has 1 aromatic heterocycles. The number of nitro groups is 1. The summed E-state index contributed by atoms with van der Waals surface area (Å²) in [5, 5.41) is 10.6. The van der Waals surface area contributed by atoms with Crippen molar-refractivity contribution in [2.45, 2.75) is 17.9 Å². The summed E-state index contributed by atoms with van der Waals surface area (Å²) < 4.78 is 15.5. The summed E-state index contributed by atoms with van der Waals surface area (Å²) in [6, 6.07) is 11.1. The van der Waals surface area contributed by atoms with Gasteiger partial charge in [-0.05, 0) is 30.4 Å². The third-order valence-electron chi connectivity index (χ3n) is 3.59. The van der Waals surface area contributed by atoms with Gasteiger partial charge in [0.25, 0.3) is 5.69 Å². The van der Waals surface area contributed by atoms with Crippen LogP contribution in [0.25, 0.3) is 11.0 Å². The average molecular weight is 347 g/mol. The summed E-state index contributed by atoms with van der Waals surface area (Å²) >= 11 is 1.28. The lowest BCUT2D eigenvalue weighted by atomic mass is 10.3. The van der Waals surface area contributed by atoms with E-state index in [0.717, 1.165) is 17.1 Å². The van der Waals surface area contributed by atoms with Gasteiger partial charge in [0.15, 0.2) is 0 Å². The zero-order valence-corrected chi connectivity index (χ0v) is 13.4. The number of aromatic nitrogens is 2. The molecule has 0 aliphatic carbocycles. The van der Waals surface area contributed by atoms with Crippen molar-refractivity contribution in [1.29, 1.82) is 0 Å². The molecule has 1 heterocycles. The van der Waals surface area contributed by atoms with Crippen molar-refractivity contribution in [2.24, 2.45) is 0 Å². The summed E-state index contributed by atoms with van der Waals surface area (Å²) in [5.41, 5.74) is 1.20. The molecule has 24 heavy (non-hydrogen) atoms. The van der Waals surface area contributed by atoms with Gasteiger partial charge in [0.05, 0.1) is 22.0 Å². The number of para-hydroxylation sites is 2. The SMILES string of the molecule is O=c1[nH]c2ccccc2n1CCCSc1ccc([N+](=O)[O-])cc1F.